The molecule has 0 radical (unpaired) electrons. The third kappa shape index (κ3) is 4.02. The predicted molar refractivity (Wildman–Crippen MR) is 148 cm³/mol. The summed E-state index contributed by atoms with van der Waals surface area (Å²) in [5.41, 5.74) is 2.95. The van der Waals surface area contributed by atoms with Gasteiger partial charge in [-0.3, -0.25) is 14.2 Å². The summed E-state index contributed by atoms with van der Waals surface area (Å²) in [4.78, 5) is 34.6. The molecular weight excluding hydrogens is 492 g/mol. The first-order valence-electron chi connectivity index (χ1n) is 11.3. The van der Waals surface area contributed by atoms with E-state index in [1.165, 1.54) is 16.3 Å². The fraction of sp³-hybridized carbons (Fsp3) is 0.0357. The molecule has 6 rings (SSSR count). The van der Waals surface area contributed by atoms with Crippen LogP contribution in [0.2, 0.25) is 5.02 Å². The molecule has 0 aliphatic heterocycles. The molecule has 0 fully saturated rings. The van der Waals surface area contributed by atoms with Gasteiger partial charge in [0.25, 0.3) is 5.56 Å². The summed E-state index contributed by atoms with van der Waals surface area (Å²) in [6.45, 7) is 0. The van der Waals surface area contributed by atoms with Crippen molar-refractivity contribution in [3.05, 3.63) is 106 Å². The highest BCUT2D eigenvalue weighted by Crippen LogP contribution is 2.28. The van der Waals surface area contributed by atoms with Crippen LogP contribution in [0.4, 0.5) is 5.69 Å². The molecule has 176 valence electrons. The average Bonchev–Trinajstić information content (AvgIpc) is 3.28. The molecule has 0 atom stereocenters. The van der Waals surface area contributed by atoms with Crippen LogP contribution in [-0.2, 0) is 4.79 Å². The monoisotopic (exact) mass is 510 g/mol. The SMILES string of the molecule is O=C(CSc1nc2c([nH]c3ccccc32)c(=O)n1-c1ccc(Cl)cc1)Nc1cccc2ccccc12. The second kappa shape index (κ2) is 9.18. The lowest BCUT2D eigenvalue weighted by Gasteiger charge is -2.13. The molecule has 2 N–H and O–H groups in total. The third-order valence-electron chi connectivity index (χ3n) is 5.98. The van der Waals surface area contributed by atoms with E-state index in [0.717, 1.165) is 27.4 Å². The van der Waals surface area contributed by atoms with Gasteiger partial charge < -0.3 is 10.3 Å². The molecule has 0 aliphatic rings. The minimum Gasteiger partial charge on any atom is -0.349 e. The van der Waals surface area contributed by atoms with E-state index in [0.29, 0.717) is 26.9 Å². The number of nitrogens with zero attached hydrogens (tertiary/aromatic N) is 2. The summed E-state index contributed by atoms with van der Waals surface area (Å²) in [6.07, 6.45) is 0. The van der Waals surface area contributed by atoms with Crippen molar-refractivity contribution in [1.82, 2.24) is 14.5 Å². The highest BCUT2D eigenvalue weighted by atomic mass is 35.5. The van der Waals surface area contributed by atoms with Crippen LogP contribution >= 0.6 is 23.4 Å². The van der Waals surface area contributed by atoms with Crippen LogP contribution in [0.5, 0.6) is 0 Å². The largest absolute Gasteiger partial charge is 0.349 e. The fourth-order valence-corrected chi connectivity index (χ4v) is 5.24. The van der Waals surface area contributed by atoms with Gasteiger partial charge in [0, 0.05) is 27.0 Å². The number of carbonyl (C=O) groups is 1. The van der Waals surface area contributed by atoms with E-state index in [2.05, 4.69) is 10.3 Å². The molecule has 2 aromatic heterocycles. The lowest BCUT2D eigenvalue weighted by molar-refractivity contribution is -0.113. The van der Waals surface area contributed by atoms with Gasteiger partial charge in [0.1, 0.15) is 11.0 Å². The number of hydrogen-bond acceptors (Lipinski definition) is 4. The first kappa shape index (κ1) is 22.4. The Labute approximate surface area is 214 Å². The van der Waals surface area contributed by atoms with Gasteiger partial charge in [-0.05, 0) is 41.8 Å². The van der Waals surface area contributed by atoms with Gasteiger partial charge in [0.2, 0.25) is 5.91 Å². The second-order valence-electron chi connectivity index (χ2n) is 8.27. The number of anilines is 1. The Balaban J connectivity index is 1.39. The van der Waals surface area contributed by atoms with Crippen molar-refractivity contribution in [2.75, 3.05) is 11.1 Å². The summed E-state index contributed by atoms with van der Waals surface area (Å²) >= 11 is 7.29. The van der Waals surface area contributed by atoms with Crippen molar-refractivity contribution >= 4 is 67.7 Å². The zero-order valence-corrected chi connectivity index (χ0v) is 20.4. The van der Waals surface area contributed by atoms with Crippen molar-refractivity contribution in [3.8, 4) is 5.69 Å². The summed E-state index contributed by atoms with van der Waals surface area (Å²) in [6, 6.07) is 28.3. The summed E-state index contributed by atoms with van der Waals surface area (Å²) in [7, 11) is 0. The fourth-order valence-electron chi connectivity index (χ4n) is 4.31. The number of hydrogen-bond donors (Lipinski definition) is 2. The maximum absolute atomic E-state index is 13.6. The first-order valence-corrected chi connectivity index (χ1v) is 12.6. The maximum atomic E-state index is 13.6. The van der Waals surface area contributed by atoms with Gasteiger partial charge in [-0.25, -0.2) is 4.98 Å². The Morgan fingerprint density at radius 1 is 0.917 bits per heavy atom. The van der Waals surface area contributed by atoms with E-state index in [9.17, 15) is 9.59 Å². The number of carbonyl (C=O) groups excluding carboxylic acids is 1. The standard InChI is InChI=1S/C28H19ClN4O2S/c29-18-12-14-19(15-13-18)33-27(35)26-25(21-9-3-4-10-23(21)31-26)32-28(33)36-16-24(34)30-22-11-5-7-17-6-1-2-8-20(17)22/h1-15,31H,16H2,(H,30,34). The number of nitrogens with one attached hydrogen (secondary N) is 2. The van der Waals surface area contributed by atoms with E-state index < -0.39 is 0 Å². The molecule has 0 spiro atoms. The molecule has 2 heterocycles. The van der Waals surface area contributed by atoms with E-state index in [1.54, 1.807) is 24.3 Å². The predicted octanol–water partition coefficient (Wildman–Crippen LogP) is 6.40. The number of aromatic amines is 1. The molecule has 0 aliphatic carbocycles. The van der Waals surface area contributed by atoms with Crippen molar-refractivity contribution in [2.24, 2.45) is 0 Å². The smallest absolute Gasteiger partial charge is 0.283 e. The van der Waals surface area contributed by atoms with E-state index in [1.807, 2.05) is 66.7 Å². The Morgan fingerprint density at radius 2 is 1.64 bits per heavy atom. The zero-order valence-electron chi connectivity index (χ0n) is 18.9. The van der Waals surface area contributed by atoms with Gasteiger partial charge in [-0.15, -0.1) is 0 Å². The van der Waals surface area contributed by atoms with E-state index in [-0.39, 0.29) is 17.2 Å². The Hall–Kier alpha value is -4.07. The highest BCUT2D eigenvalue weighted by molar-refractivity contribution is 7.99. The molecule has 0 saturated heterocycles. The molecule has 0 bridgehead atoms. The van der Waals surface area contributed by atoms with Crippen LogP contribution in [0.15, 0.2) is 101 Å². The Bertz CT molecular complexity index is 1820. The molecule has 6 aromatic rings. The van der Waals surface area contributed by atoms with Crippen molar-refractivity contribution < 1.29 is 4.79 Å². The van der Waals surface area contributed by atoms with Gasteiger partial charge >= 0.3 is 0 Å². The number of thioether (sulfide) groups is 1. The minimum atomic E-state index is -0.240. The number of halogens is 1. The summed E-state index contributed by atoms with van der Waals surface area (Å²) in [5, 5.41) is 6.86. The van der Waals surface area contributed by atoms with Gasteiger partial charge in [-0.2, -0.15) is 0 Å². The van der Waals surface area contributed by atoms with Gasteiger partial charge in [0.15, 0.2) is 5.16 Å². The topological polar surface area (TPSA) is 79.8 Å². The normalized spacial score (nSPS) is 11.4. The number of H-pyrrole nitrogens is 1. The number of para-hydroxylation sites is 1. The van der Waals surface area contributed by atoms with Crippen molar-refractivity contribution in [2.45, 2.75) is 5.16 Å². The molecule has 8 heteroatoms. The molecular formula is C28H19ClN4O2S. The maximum Gasteiger partial charge on any atom is 0.283 e. The Kier molecular flexibility index (Phi) is 5.71. The molecule has 36 heavy (non-hydrogen) atoms. The molecule has 1 amide bonds. The Morgan fingerprint density at radius 3 is 2.47 bits per heavy atom. The highest BCUT2D eigenvalue weighted by Gasteiger charge is 2.18. The molecule has 4 aromatic carbocycles. The number of aromatic nitrogens is 3. The molecule has 6 nitrogen and oxygen atoms in total. The van der Waals surface area contributed by atoms with Gasteiger partial charge in [-0.1, -0.05) is 78.0 Å². The molecule has 0 saturated carbocycles. The quantitative estimate of drug-likeness (QED) is 0.207. The lowest BCUT2D eigenvalue weighted by Crippen LogP contribution is -2.23. The number of benzene rings is 4. The van der Waals surface area contributed by atoms with Crippen LogP contribution in [0, 0.1) is 0 Å². The lowest BCUT2D eigenvalue weighted by atomic mass is 10.1. The van der Waals surface area contributed by atoms with Crippen LogP contribution in [-0.4, -0.2) is 26.2 Å². The van der Waals surface area contributed by atoms with Crippen LogP contribution in [0.25, 0.3) is 38.4 Å². The van der Waals surface area contributed by atoms with Crippen molar-refractivity contribution in [1.29, 1.82) is 0 Å². The van der Waals surface area contributed by atoms with E-state index >= 15 is 0 Å². The average molecular weight is 511 g/mol. The van der Waals surface area contributed by atoms with E-state index in [4.69, 9.17) is 16.6 Å². The number of rotatable bonds is 5. The third-order valence-corrected chi connectivity index (χ3v) is 7.17. The van der Waals surface area contributed by atoms with Crippen molar-refractivity contribution in [3.63, 3.8) is 0 Å². The first-order chi connectivity index (χ1) is 17.6. The number of fused-ring (bicyclic) bond motifs is 4. The number of amides is 1. The van der Waals surface area contributed by atoms with Crippen LogP contribution < -0.4 is 10.9 Å². The second-order valence-corrected chi connectivity index (χ2v) is 9.65. The van der Waals surface area contributed by atoms with Crippen LogP contribution in [0.3, 0.4) is 0 Å². The molecule has 0 unspecified atom stereocenters. The summed E-state index contributed by atoms with van der Waals surface area (Å²) < 4.78 is 1.52. The minimum absolute atomic E-state index is 0.0805. The van der Waals surface area contributed by atoms with Crippen LogP contribution in [0.1, 0.15) is 0 Å². The summed E-state index contributed by atoms with van der Waals surface area (Å²) in [5.74, 6) is -0.107. The van der Waals surface area contributed by atoms with Gasteiger partial charge in [0.05, 0.1) is 11.4 Å². The zero-order chi connectivity index (χ0) is 24.6.